The molecule has 27 heavy (non-hydrogen) atoms. The summed E-state index contributed by atoms with van der Waals surface area (Å²) in [5.41, 5.74) is 2.19. The van der Waals surface area contributed by atoms with Crippen molar-refractivity contribution in [2.45, 2.75) is 13.1 Å². The summed E-state index contributed by atoms with van der Waals surface area (Å²) in [5.74, 6) is 0. The summed E-state index contributed by atoms with van der Waals surface area (Å²) in [4.78, 5) is 18.4. The minimum Gasteiger partial charge on any atom is -0.334 e. The van der Waals surface area contributed by atoms with E-state index in [0.717, 1.165) is 27.0 Å². The number of urea groups is 1. The van der Waals surface area contributed by atoms with Gasteiger partial charge in [-0.3, -0.25) is 4.72 Å². The van der Waals surface area contributed by atoms with E-state index in [2.05, 4.69) is 15.0 Å². The molecule has 0 bridgehead atoms. The predicted octanol–water partition coefficient (Wildman–Crippen LogP) is 3.01. The van der Waals surface area contributed by atoms with Crippen LogP contribution in [0.3, 0.4) is 0 Å². The molecule has 0 spiro atoms. The first-order chi connectivity index (χ1) is 12.8. The summed E-state index contributed by atoms with van der Waals surface area (Å²) in [7, 11) is -1.62. The van der Waals surface area contributed by atoms with Crippen LogP contribution >= 0.6 is 11.3 Å². The van der Waals surface area contributed by atoms with Gasteiger partial charge in [0.25, 0.3) is 0 Å². The average Bonchev–Trinajstić information content (AvgIpc) is 3.00. The minimum absolute atomic E-state index is 0.226. The highest BCUT2D eigenvalue weighted by molar-refractivity contribution is 7.92. The Balaban J connectivity index is 1.57. The number of hydrogen-bond acceptors (Lipinski definition) is 5. The van der Waals surface area contributed by atoms with Crippen molar-refractivity contribution in [1.29, 1.82) is 0 Å². The number of hydrogen-bond donors (Lipinski definition) is 2. The number of carbonyl (C=O) groups is 1. The van der Waals surface area contributed by atoms with E-state index in [1.54, 1.807) is 41.5 Å². The monoisotopic (exact) mass is 404 g/mol. The Hall–Kier alpha value is -2.65. The third-order valence-corrected chi connectivity index (χ3v) is 5.36. The lowest BCUT2D eigenvalue weighted by Gasteiger charge is -2.17. The number of rotatable bonds is 6. The molecule has 7 nitrogen and oxygen atoms in total. The number of benzene rings is 2. The van der Waals surface area contributed by atoms with Gasteiger partial charge in [0.2, 0.25) is 10.0 Å². The van der Waals surface area contributed by atoms with E-state index in [4.69, 9.17) is 0 Å². The van der Waals surface area contributed by atoms with Crippen LogP contribution in [0.1, 0.15) is 10.6 Å². The lowest BCUT2D eigenvalue weighted by molar-refractivity contribution is 0.206. The summed E-state index contributed by atoms with van der Waals surface area (Å²) >= 11 is 1.57. The molecule has 0 aliphatic heterocycles. The fourth-order valence-electron chi connectivity index (χ4n) is 2.53. The fraction of sp³-hybridized carbons (Fsp3) is 0.222. The number of aromatic nitrogens is 1. The van der Waals surface area contributed by atoms with Crippen molar-refractivity contribution in [3.63, 3.8) is 0 Å². The smallest absolute Gasteiger partial charge is 0.317 e. The lowest BCUT2D eigenvalue weighted by atomic mass is 10.2. The summed E-state index contributed by atoms with van der Waals surface area (Å²) in [5, 5.41) is 3.70. The zero-order valence-corrected chi connectivity index (χ0v) is 16.6. The molecule has 0 aliphatic rings. The number of nitrogens with one attached hydrogen (secondary N) is 2. The molecule has 1 heterocycles. The molecular weight excluding hydrogens is 384 g/mol. The third-order valence-electron chi connectivity index (χ3n) is 3.73. The highest BCUT2D eigenvalue weighted by Crippen LogP contribution is 2.22. The zero-order valence-electron chi connectivity index (χ0n) is 15.0. The first-order valence-corrected chi connectivity index (χ1v) is 10.9. The summed E-state index contributed by atoms with van der Waals surface area (Å²) in [6.07, 6.45) is 1.10. The van der Waals surface area contributed by atoms with Crippen molar-refractivity contribution in [3.8, 4) is 0 Å². The molecule has 3 rings (SSSR count). The SMILES string of the molecule is CN(Cc1nc2ccccc2s1)C(=O)NCc1cccc(NS(C)(=O)=O)c1. The van der Waals surface area contributed by atoms with Crippen LogP contribution in [0, 0.1) is 0 Å². The van der Waals surface area contributed by atoms with Crippen LogP contribution in [-0.4, -0.2) is 37.6 Å². The van der Waals surface area contributed by atoms with E-state index in [1.165, 1.54) is 0 Å². The van der Waals surface area contributed by atoms with E-state index in [0.29, 0.717) is 18.8 Å². The molecule has 142 valence electrons. The molecule has 0 aliphatic carbocycles. The normalized spacial score (nSPS) is 11.3. The lowest BCUT2D eigenvalue weighted by Crippen LogP contribution is -2.36. The molecule has 2 aromatic carbocycles. The average molecular weight is 405 g/mol. The zero-order chi connectivity index (χ0) is 19.4. The standard InChI is InChI=1S/C18H20N4O3S2/c1-22(12-17-20-15-8-3-4-9-16(15)26-17)18(23)19-11-13-6-5-7-14(10-13)21-27(2,24)25/h3-10,21H,11-12H2,1-2H3,(H,19,23). The number of para-hydroxylation sites is 1. The Morgan fingerprint density at radius 3 is 2.70 bits per heavy atom. The second kappa shape index (κ2) is 7.93. The quantitative estimate of drug-likeness (QED) is 0.661. The van der Waals surface area contributed by atoms with Crippen LogP contribution in [0.5, 0.6) is 0 Å². The van der Waals surface area contributed by atoms with Gasteiger partial charge in [-0.1, -0.05) is 24.3 Å². The van der Waals surface area contributed by atoms with E-state index >= 15 is 0 Å². The van der Waals surface area contributed by atoms with Gasteiger partial charge in [-0.25, -0.2) is 18.2 Å². The maximum Gasteiger partial charge on any atom is 0.317 e. The first-order valence-electron chi connectivity index (χ1n) is 8.20. The van der Waals surface area contributed by atoms with Crippen LogP contribution < -0.4 is 10.0 Å². The number of anilines is 1. The molecule has 0 saturated heterocycles. The van der Waals surface area contributed by atoms with Gasteiger partial charge in [-0.15, -0.1) is 11.3 Å². The van der Waals surface area contributed by atoms with E-state index in [-0.39, 0.29) is 6.03 Å². The number of sulfonamides is 1. The van der Waals surface area contributed by atoms with Gasteiger partial charge >= 0.3 is 6.03 Å². The molecule has 2 N–H and O–H groups in total. The summed E-state index contributed by atoms with van der Waals surface area (Å²) in [6, 6.07) is 14.5. The van der Waals surface area contributed by atoms with Gasteiger partial charge in [-0.2, -0.15) is 0 Å². The minimum atomic E-state index is -3.34. The molecule has 9 heteroatoms. The second-order valence-electron chi connectivity index (χ2n) is 6.16. The van der Waals surface area contributed by atoms with Gasteiger partial charge in [0.05, 0.1) is 23.0 Å². The topological polar surface area (TPSA) is 91.4 Å². The Morgan fingerprint density at radius 2 is 1.96 bits per heavy atom. The van der Waals surface area contributed by atoms with E-state index < -0.39 is 10.0 Å². The molecule has 2 amide bonds. The van der Waals surface area contributed by atoms with Gasteiger partial charge in [-0.05, 0) is 29.8 Å². The molecule has 1 aromatic heterocycles. The number of amides is 2. The number of thiazole rings is 1. The highest BCUT2D eigenvalue weighted by atomic mass is 32.2. The van der Waals surface area contributed by atoms with Crippen molar-refractivity contribution < 1.29 is 13.2 Å². The van der Waals surface area contributed by atoms with Crippen molar-refractivity contribution in [3.05, 3.63) is 59.1 Å². The third kappa shape index (κ3) is 5.41. The van der Waals surface area contributed by atoms with Gasteiger partial charge < -0.3 is 10.2 Å². The van der Waals surface area contributed by atoms with Crippen LogP contribution in [0.15, 0.2) is 48.5 Å². The van der Waals surface area contributed by atoms with Crippen LogP contribution in [0.2, 0.25) is 0 Å². The van der Waals surface area contributed by atoms with Gasteiger partial charge in [0.15, 0.2) is 0 Å². The van der Waals surface area contributed by atoms with Crippen molar-refractivity contribution in [1.82, 2.24) is 15.2 Å². The Bertz CT molecular complexity index is 1030. The van der Waals surface area contributed by atoms with Gasteiger partial charge in [0, 0.05) is 19.3 Å². The first kappa shape index (κ1) is 19.1. The summed E-state index contributed by atoms with van der Waals surface area (Å²) < 4.78 is 26.1. The van der Waals surface area contributed by atoms with E-state index in [1.807, 2.05) is 30.3 Å². The second-order valence-corrected chi connectivity index (χ2v) is 9.03. The molecule has 0 fully saturated rings. The number of carbonyl (C=O) groups excluding carboxylic acids is 1. The maximum absolute atomic E-state index is 12.3. The summed E-state index contributed by atoms with van der Waals surface area (Å²) in [6.45, 7) is 0.711. The molecule has 0 saturated carbocycles. The Labute approximate surface area is 162 Å². The molecule has 0 unspecified atom stereocenters. The van der Waals surface area contributed by atoms with Crippen LogP contribution in [0.4, 0.5) is 10.5 Å². The van der Waals surface area contributed by atoms with Crippen LogP contribution in [0.25, 0.3) is 10.2 Å². The van der Waals surface area contributed by atoms with Crippen LogP contribution in [-0.2, 0) is 23.1 Å². The largest absolute Gasteiger partial charge is 0.334 e. The fourth-order valence-corrected chi connectivity index (χ4v) is 4.11. The van der Waals surface area contributed by atoms with Crippen molar-refractivity contribution in [2.75, 3.05) is 18.0 Å². The van der Waals surface area contributed by atoms with Crippen molar-refractivity contribution in [2.24, 2.45) is 0 Å². The maximum atomic E-state index is 12.3. The molecule has 3 aromatic rings. The molecule has 0 atom stereocenters. The number of fused-ring (bicyclic) bond motifs is 1. The Kier molecular flexibility index (Phi) is 5.62. The Morgan fingerprint density at radius 1 is 1.19 bits per heavy atom. The number of nitrogens with zero attached hydrogens (tertiary/aromatic N) is 2. The van der Waals surface area contributed by atoms with Gasteiger partial charge in [0.1, 0.15) is 5.01 Å². The predicted molar refractivity (Wildman–Crippen MR) is 108 cm³/mol. The van der Waals surface area contributed by atoms with E-state index in [9.17, 15) is 13.2 Å². The van der Waals surface area contributed by atoms with Crippen molar-refractivity contribution >= 4 is 43.3 Å². The molecular formula is C18H20N4O3S2. The highest BCUT2D eigenvalue weighted by Gasteiger charge is 2.12. The molecule has 0 radical (unpaired) electrons.